The van der Waals surface area contributed by atoms with Crippen LogP contribution in [0, 0.1) is 5.92 Å². The van der Waals surface area contributed by atoms with Gasteiger partial charge in [0.15, 0.2) is 11.5 Å². The van der Waals surface area contributed by atoms with Gasteiger partial charge in [0, 0.05) is 12.6 Å². The summed E-state index contributed by atoms with van der Waals surface area (Å²) in [6.07, 6.45) is 5.28. The molecule has 5 heteroatoms. The van der Waals surface area contributed by atoms with Crippen LogP contribution in [0.25, 0.3) is 5.65 Å². The third-order valence-corrected chi connectivity index (χ3v) is 3.37. The SMILES string of the molecule is Nc1cccn2nc(CC3CCNCC3)nc12. The zero-order valence-corrected chi connectivity index (χ0v) is 9.76. The fraction of sp³-hybridized carbons (Fsp3) is 0.500. The van der Waals surface area contributed by atoms with Crippen LogP contribution < -0.4 is 11.1 Å². The van der Waals surface area contributed by atoms with Crippen molar-refractivity contribution >= 4 is 11.3 Å². The maximum Gasteiger partial charge on any atom is 0.178 e. The molecule has 0 aromatic carbocycles. The third-order valence-electron chi connectivity index (χ3n) is 3.37. The van der Waals surface area contributed by atoms with Crippen LogP contribution in [-0.2, 0) is 6.42 Å². The molecule has 1 saturated heterocycles. The minimum atomic E-state index is 0.691. The van der Waals surface area contributed by atoms with Crippen LogP contribution in [0.3, 0.4) is 0 Å². The van der Waals surface area contributed by atoms with Gasteiger partial charge in [-0.1, -0.05) is 0 Å². The number of hydrogen-bond donors (Lipinski definition) is 2. The molecule has 1 aliphatic rings. The van der Waals surface area contributed by atoms with Crippen molar-refractivity contribution in [3.8, 4) is 0 Å². The van der Waals surface area contributed by atoms with Crippen LogP contribution in [0.15, 0.2) is 18.3 Å². The highest BCUT2D eigenvalue weighted by Gasteiger charge is 2.16. The molecular formula is C12H17N5. The lowest BCUT2D eigenvalue weighted by molar-refractivity contribution is 0.367. The van der Waals surface area contributed by atoms with Crippen LogP contribution in [0.1, 0.15) is 18.7 Å². The molecular weight excluding hydrogens is 214 g/mol. The lowest BCUT2D eigenvalue weighted by atomic mass is 9.94. The lowest BCUT2D eigenvalue weighted by Crippen LogP contribution is -2.28. The van der Waals surface area contributed by atoms with Gasteiger partial charge in [-0.3, -0.25) is 0 Å². The maximum atomic E-state index is 5.87. The largest absolute Gasteiger partial charge is 0.396 e. The summed E-state index contributed by atoms with van der Waals surface area (Å²) < 4.78 is 1.77. The van der Waals surface area contributed by atoms with Gasteiger partial charge in [0.05, 0.1) is 5.69 Å². The summed E-state index contributed by atoms with van der Waals surface area (Å²) in [6.45, 7) is 2.22. The van der Waals surface area contributed by atoms with E-state index in [0.29, 0.717) is 11.6 Å². The van der Waals surface area contributed by atoms with Crippen molar-refractivity contribution < 1.29 is 0 Å². The van der Waals surface area contributed by atoms with E-state index < -0.39 is 0 Å². The Morgan fingerprint density at radius 1 is 1.41 bits per heavy atom. The summed E-state index contributed by atoms with van der Waals surface area (Å²) >= 11 is 0. The van der Waals surface area contributed by atoms with Crippen LogP contribution in [0.4, 0.5) is 5.69 Å². The van der Waals surface area contributed by atoms with Crippen molar-refractivity contribution in [2.75, 3.05) is 18.8 Å². The molecule has 0 atom stereocenters. The Hall–Kier alpha value is -1.62. The number of nitrogen functional groups attached to an aromatic ring is 1. The summed E-state index contributed by atoms with van der Waals surface area (Å²) in [6, 6.07) is 3.75. The van der Waals surface area contributed by atoms with Gasteiger partial charge in [0.2, 0.25) is 0 Å². The molecule has 2 aromatic rings. The summed E-state index contributed by atoms with van der Waals surface area (Å²) in [5.74, 6) is 1.62. The van der Waals surface area contributed by atoms with E-state index in [9.17, 15) is 0 Å². The first-order valence-electron chi connectivity index (χ1n) is 6.13. The Labute approximate surface area is 100 Å². The Bertz CT molecular complexity index is 513. The Kier molecular flexibility index (Phi) is 2.68. The standard InChI is InChI=1S/C12H17N5/c13-10-2-1-7-17-12(10)15-11(16-17)8-9-3-5-14-6-4-9/h1-2,7,9,14H,3-6,8,13H2. The highest BCUT2D eigenvalue weighted by atomic mass is 15.3. The van der Waals surface area contributed by atoms with E-state index in [1.807, 2.05) is 18.3 Å². The smallest absolute Gasteiger partial charge is 0.178 e. The monoisotopic (exact) mass is 231 g/mol. The first kappa shape index (κ1) is 10.5. The van der Waals surface area contributed by atoms with Gasteiger partial charge >= 0.3 is 0 Å². The molecule has 17 heavy (non-hydrogen) atoms. The minimum absolute atomic E-state index is 0.691. The molecule has 3 heterocycles. The lowest BCUT2D eigenvalue weighted by Gasteiger charge is -2.20. The number of pyridine rings is 1. The molecule has 0 aliphatic carbocycles. The van der Waals surface area contributed by atoms with Crippen LogP contribution in [0.2, 0.25) is 0 Å². The minimum Gasteiger partial charge on any atom is -0.396 e. The fourth-order valence-electron chi connectivity index (χ4n) is 2.40. The summed E-state index contributed by atoms with van der Waals surface area (Å²) in [4.78, 5) is 4.51. The van der Waals surface area contributed by atoms with Crippen LogP contribution >= 0.6 is 0 Å². The summed E-state index contributed by atoms with van der Waals surface area (Å²) in [7, 11) is 0. The molecule has 90 valence electrons. The van der Waals surface area contributed by atoms with E-state index in [2.05, 4.69) is 15.4 Å². The van der Waals surface area contributed by atoms with Crippen molar-refractivity contribution in [1.82, 2.24) is 19.9 Å². The molecule has 1 fully saturated rings. The third kappa shape index (κ3) is 2.10. The molecule has 0 radical (unpaired) electrons. The zero-order valence-electron chi connectivity index (χ0n) is 9.76. The maximum absolute atomic E-state index is 5.87. The van der Waals surface area contributed by atoms with E-state index >= 15 is 0 Å². The number of fused-ring (bicyclic) bond motifs is 1. The summed E-state index contributed by atoms with van der Waals surface area (Å²) in [5, 5.41) is 7.84. The van der Waals surface area contributed by atoms with Crippen LogP contribution in [0.5, 0.6) is 0 Å². The second kappa shape index (κ2) is 4.33. The van der Waals surface area contributed by atoms with Gasteiger partial charge in [-0.15, -0.1) is 0 Å². The highest BCUT2D eigenvalue weighted by molar-refractivity contribution is 5.63. The molecule has 2 aromatic heterocycles. The Morgan fingerprint density at radius 3 is 3.00 bits per heavy atom. The highest BCUT2D eigenvalue weighted by Crippen LogP contribution is 2.17. The summed E-state index contributed by atoms with van der Waals surface area (Å²) in [5.41, 5.74) is 7.34. The van der Waals surface area contributed by atoms with Gasteiger partial charge in [-0.25, -0.2) is 9.50 Å². The molecule has 3 N–H and O–H groups in total. The number of nitrogens with zero attached hydrogens (tertiary/aromatic N) is 3. The number of hydrogen-bond acceptors (Lipinski definition) is 4. The molecule has 0 amide bonds. The predicted octanol–water partition coefficient (Wildman–Crippen LogP) is 0.854. The van der Waals surface area contributed by atoms with Crippen molar-refractivity contribution in [2.45, 2.75) is 19.3 Å². The van der Waals surface area contributed by atoms with E-state index in [1.54, 1.807) is 4.52 Å². The molecule has 3 rings (SSSR count). The number of aromatic nitrogens is 3. The average Bonchev–Trinajstić information content (AvgIpc) is 2.74. The first-order valence-corrected chi connectivity index (χ1v) is 6.13. The van der Waals surface area contributed by atoms with Crippen LogP contribution in [-0.4, -0.2) is 27.7 Å². The van der Waals surface area contributed by atoms with Gasteiger partial charge < -0.3 is 11.1 Å². The van der Waals surface area contributed by atoms with Gasteiger partial charge in [-0.05, 0) is 44.0 Å². The number of nitrogens with two attached hydrogens (primary N) is 1. The number of piperidine rings is 1. The second-order valence-electron chi connectivity index (χ2n) is 4.66. The van der Waals surface area contributed by atoms with Gasteiger partial charge in [-0.2, -0.15) is 5.10 Å². The Balaban J connectivity index is 1.83. The van der Waals surface area contributed by atoms with Gasteiger partial charge in [0.25, 0.3) is 0 Å². The van der Waals surface area contributed by atoms with E-state index in [1.165, 1.54) is 12.8 Å². The molecule has 1 aliphatic heterocycles. The van der Waals surface area contributed by atoms with Gasteiger partial charge in [0.1, 0.15) is 0 Å². The topological polar surface area (TPSA) is 68.2 Å². The molecule has 0 unspecified atom stereocenters. The molecule has 5 nitrogen and oxygen atoms in total. The average molecular weight is 231 g/mol. The van der Waals surface area contributed by atoms with Crippen molar-refractivity contribution in [3.05, 3.63) is 24.2 Å². The quantitative estimate of drug-likeness (QED) is 0.804. The second-order valence-corrected chi connectivity index (χ2v) is 4.66. The zero-order chi connectivity index (χ0) is 11.7. The Morgan fingerprint density at radius 2 is 2.24 bits per heavy atom. The van der Waals surface area contributed by atoms with E-state index in [4.69, 9.17) is 5.73 Å². The first-order chi connectivity index (χ1) is 8.33. The number of rotatable bonds is 2. The van der Waals surface area contributed by atoms with Crippen molar-refractivity contribution in [3.63, 3.8) is 0 Å². The molecule has 0 saturated carbocycles. The fourth-order valence-corrected chi connectivity index (χ4v) is 2.40. The van der Waals surface area contributed by atoms with E-state index in [0.717, 1.165) is 31.0 Å². The van der Waals surface area contributed by atoms with E-state index in [-0.39, 0.29) is 0 Å². The number of nitrogens with one attached hydrogen (secondary N) is 1. The molecule has 0 spiro atoms. The molecule has 0 bridgehead atoms. The van der Waals surface area contributed by atoms with Crippen molar-refractivity contribution in [1.29, 1.82) is 0 Å². The normalized spacial score (nSPS) is 17.6. The number of anilines is 1. The predicted molar refractivity (Wildman–Crippen MR) is 66.7 cm³/mol. The van der Waals surface area contributed by atoms with Crippen molar-refractivity contribution in [2.24, 2.45) is 5.92 Å².